The second-order valence-corrected chi connectivity index (χ2v) is 9.97. The van der Waals surface area contributed by atoms with Crippen LogP contribution in [0.1, 0.15) is 32.2 Å². The molecule has 0 aliphatic carbocycles. The first kappa shape index (κ1) is 22.6. The van der Waals surface area contributed by atoms with Gasteiger partial charge in [-0.1, -0.05) is 0 Å². The third-order valence-corrected chi connectivity index (χ3v) is 7.37. The Kier molecular flexibility index (Phi) is 6.04. The van der Waals surface area contributed by atoms with E-state index < -0.39 is 0 Å². The predicted molar refractivity (Wildman–Crippen MR) is 138 cm³/mol. The number of nitrogens with one attached hydrogen (secondary N) is 2. The maximum atomic E-state index is 12.9. The van der Waals surface area contributed by atoms with Gasteiger partial charge in [0, 0.05) is 72.3 Å². The number of likely N-dealkylation sites (N-methyl/N-ethyl adjacent to an activating group) is 1. The second-order valence-electron chi connectivity index (χ2n) is 8.88. The highest BCUT2D eigenvalue weighted by molar-refractivity contribution is 7.15. The molecule has 2 aliphatic heterocycles. The largest absolute Gasteiger partial charge is 0.492 e. The van der Waals surface area contributed by atoms with Crippen molar-refractivity contribution in [3.8, 4) is 16.9 Å². The molecule has 0 fully saturated rings. The minimum absolute atomic E-state index is 0.188. The van der Waals surface area contributed by atoms with E-state index in [1.54, 1.807) is 42.1 Å². The molecule has 4 aromatic heterocycles. The van der Waals surface area contributed by atoms with E-state index in [-0.39, 0.29) is 5.91 Å². The number of nitrogens with zero attached hydrogens (tertiary/aromatic N) is 5. The summed E-state index contributed by atoms with van der Waals surface area (Å²) in [6.45, 7) is 2.92. The minimum atomic E-state index is -0.188. The van der Waals surface area contributed by atoms with Crippen LogP contribution in [0.15, 0.2) is 49.1 Å². The lowest BCUT2D eigenvalue weighted by molar-refractivity contribution is 0.102. The van der Waals surface area contributed by atoms with Crippen molar-refractivity contribution in [1.29, 1.82) is 0 Å². The van der Waals surface area contributed by atoms with Crippen LogP contribution in [0, 0.1) is 0 Å². The van der Waals surface area contributed by atoms with E-state index in [4.69, 9.17) is 4.74 Å². The highest BCUT2D eigenvalue weighted by Crippen LogP contribution is 2.39. The van der Waals surface area contributed by atoms with Crippen LogP contribution in [0.3, 0.4) is 0 Å². The van der Waals surface area contributed by atoms with Crippen molar-refractivity contribution in [3.63, 3.8) is 0 Å². The van der Waals surface area contributed by atoms with E-state index in [1.165, 1.54) is 4.88 Å². The Bertz CT molecular complexity index is 1420. The average molecular weight is 500 g/mol. The van der Waals surface area contributed by atoms with Crippen molar-refractivity contribution >= 4 is 28.2 Å². The van der Waals surface area contributed by atoms with Gasteiger partial charge < -0.3 is 15.0 Å². The molecule has 6 heterocycles. The smallest absolute Gasteiger partial charge is 0.257 e. The lowest BCUT2D eigenvalue weighted by atomic mass is 10.0. The Morgan fingerprint density at radius 1 is 1.17 bits per heavy atom. The van der Waals surface area contributed by atoms with Crippen LogP contribution in [0.2, 0.25) is 0 Å². The molecule has 0 saturated carbocycles. The molecular formula is C26H25N7O2S. The molecule has 2 N–H and O–H groups in total. The Morgan fingerprint density at radius 3 is 2.94 bits per heavy atom. The third-order valence-electron chi connectivity index (χ3n) is 6.38. The molecule has 0 saturated heterocycles. The van der Waals surface area contributed by atoms with Crippen molar-refractivity contribution < 1.29 is 9.53 Å². The Hall–Kier alpha value is -3.89. The molecule has 10 heteroatoms. The molecular weight excluding hydrogens is 474 g/mol. The fraction of sp³-hybridized carbons (Fsp3) is 0.269. The van der Waals surface area contributed by atoms with E-state index in [2.05, 4.69) is 42.5 Å². The second kappa shape index (κ2) is 9.63. The molecule has 0 aromatic carbocycles. The van der Waals surface area contributed by atoms with Gasteiger partial charge in [-0.3, -0.25) is 20.1 Å². The molecule has 1 amide bonds. The summed E-state index contributed by atoms with van der Waals surface area (Å²) in [6, 6.07) is 7.41. The van der Waals surface area contributed by atoms with Gasteiger partial charge >= 0.3 is 0 Å². The number of carbonyl (C=O) groups is 1. The van der Waals surface area contributed by atoms with Gasteiger partial charge in [-0.2, -0.15) is 0 Å². The lowest BCUT2D eigenvalue weighted by Gasteiger charge is -2.20. The summed E-state index contributed by atoms with van der Waals surface area (Å²) in [6.07, 6.45) is 8.70. The molecule has 0 atom stereocenters. The van der Waals surface area contributed by atoms with Gasteiger partial charge in [-0.25, -0.2) is 9.97 Å². The summed E-state index contributed by atoms with van der Waals surface area (Å²) >= 11 is 1.55. The van der Waals surface area contributed by atoms with E-state index in [0.29, 0.717) is 23.8 Å². The van der Waals surface area contributed by atoms with Gasteiger partial charge in [0.15, 0.2) is 5.13 Å². The number of pyridine rings is 3. The number of aromatic nitrogens is 4. The number of fused-ring (bicyclic) bond motifs is 2. The highest BCUT2D eigenvalue weighted by Gasteiger charge is 2.23. The fourth-order valence-electron chi connectivity index (χ4n) is 4.51. The number of ether oxygens (including phenoxy) is 1. The van der Waals surface area contributed by atoms with Crippen molar-refractivity contribution in [3.05, 3.63) is 76.4 Å². The van der Waals surface area contributed by atoms with Gasteiger partial charge in [-0.05, 0) is 36.9 Å². The number of amides is 1. The molecule has 9 nitrogen and oxygen atoms in total. The van der Waals surface area contributed by atoms with Crippen molar-refractivity contribution in [2.75, 3.05) is 30.8 Å². The fourth-order valence-corrected chi connectivity index (χ4v) is 5.60. The summed E-state index contributed by atoms with van der Waals surface area (Å²) in [5.74, 6) is 1.44. The third kappa shape index (κ3) is 4.52. The molecule has 0 bridgehead atoms. The highest BCUT2D eigenvalue weighted by atomic mass is 32.1. The van der Waals surface area contributed by atoms with Crippen molar-refractivity contribution in [1.82, 2.24) is 24.8 Å². The lowest BCUT2D eigenvalue weighted by Crippen LogP contribution is -2.25. The first-order chi connectivity index (χ1) is 17.6. The predicted octanol–water partition coefficient (Wildman–Crippen LogP) is 3.78. The molecule has 0 radical (unpaired) electrons. The maximum absolute atomic E-state index is 12.9. The van der Waals surface area contributed by atoms with E-state index in [9.17, 15) is 4.79 Å². The summed E-state index contributed by atoms with van der Waals surface area (Å²) < 4.78 is 5.94. The molecule has 36 heavy (non-hydrogen) atoms. The average Bonchev–Trinajstić information content (AvgIpc) is 3.55. The van der Waals surface area contributed by atoms with Crippen LogP contribution in [0.25, 0.3) is 11.1 Å². The monoisotopic (exact) mass is 499 g/mol. The number of anilines is 2. The van der Waals surface area contributed by atoms with Crippen LogP contribution in [0.4, 0.5) is 10.9 Å². The maximum Gasteiger partial charge on any atom is 0.257 e. The molecule has 182 valence electrons. The first-order valence-electron chi connectivity index (χ1n) is 11.9. The van der Waals surface area contributed by atoms with E-state index in [0.717, 1.165) is 65.6 Å². The molecule has 0 unspecified atom stereocenters. The number of carbonyl (C=O) groups excluding carboxylic acids is 1. The summed E-state index contributed by atoms with van der Waals surface area (Å²) in [5.41, 5.74) is 5.42. The van der Waals surface area contributed by atoms with Crippen molar-refractivity contribution in [2.24, 2.45) is 0 Å². The zero-order chi connectivity index (χ0) is 24.5. The minimum Gasteiger partial charge on any atom is -0.492 e. The summed E-state index contributed by atoms with van der Waals surface area (Å²) in [7, 11) is 2.10. The van der Waals surface area contributed by atoms with Crippen LogP contribution in [0.5, 0.6) is 5.75 Å². The Labute approximate surface area is 212 Å². The first-order valence-corrected chi connectivity index (χ1v) is 12.7. The van der Waals surface area contributed by atoms with E-state index >= 15 is 0 Å². The van der Waals surface area contributed by atoms with Crippen molar-refractivity contribution in [2.45, 2.75) is 25.9 Å². The van der Waals surface area contributed by atoms with E-state index in [1.807, 2.05) is 18.3 Å². The molecule has 6 rings (SSSR count). The van der Waals surface area contributed by atoms with Crippen LogP contribution in [-0.2, 0) is 25.9 Å². The quantitative estimate of drug-likeness (QED) is 0.413. The normalized spacial score (nSPS) is 14.6. The standard InChI is InChI=1S/C26H25N7O2S/c1-33-10-5-21-22(15-33)36-26(31-21)32-25(34)17-4-9-28-18(12-17)13-29-24-19-6-11-35-23(19)20(14-30-24)16-2-7-27-8-3-16/h2-4,7-9,12,14H,5-6,10-11,13,15H2,1H3,(H,29,30)(H,31,32,34). The number of thiazole rings is 1. The number of rotatable bonds is 6. The molecule has 0 spiro atoms. The van der Waals surface area contributed by atoms with Gasteiger partial charge in [0.1, 0.15) is 11.6 Å². The van der Waals surface area contributed by atoms with Gasteiger partial charge in [0.25, 0.3) is 5.91 Å². The molecule has 4 aromatic rings. The SMILES string of the molecule is CN1CCc2nc(NC(=O)c3ccnc(CNc4ncc(-c5ccncc5)c5c4CCO5)c3)sc2C1. The summed E-state index contributed by atoms with van der Waals surface area (Å²) in [4.78, 5) is 34.2. The van der Waals surface area contributed by atoms with Crippen LogP contribution < -0.4 is 15.4 Å². The zero-order valence-corrected chi connectivity index (χ0v) is 20.6. The molecule has 2 aliphatic rings. The van der Waals surface area contributed by atoms with Gasteiger partial charge in [0.2, 0.25) is 0 Å². The Balaban J connectivity index is 1.15. The number of hydrogen-bond donors (Lipinski definition) is 2. The van der Waals surface area contributed by atoms with Crippen LogP contribution >= 0.6 is 11.3 Å². The van der Waals surface area contributed by atoms with Gasteiger partial charge in [0.05, 0.1) is 24.5 Å². The Morgan fingerprint density at radius 2 is 2.06 bits per heavy atom. The summed E-state index contributed by atoms with van der Waals surface area (Å²) in [5, 5.41) is 6.98. The topological polar surface area (TPSA) is 105 Å². The zero-order valence-electron chi connectivity index (χ0n) is 19.8. The van der Waals surface area contributed by atoms with Crippen LogP contribution in [-0.4, -0.2) is 50.9 Å². The number of hydrogen-bond acceptors (Lipinski definition) is 9. The van der Waals surface area contributed by atoms with Gasteiger partial charge in [-0.15, -0.1) is 11.3 Å².